The zero-order chi connectivity index (χ0) is 21.3. The molecule has 158 valence electrons. The van der Waals surface area contributed by atoms with Gasteiger partial charge in [-0.05, 0) is 55.9 Å². The summed E-state index contributed by atoms with van der Waals surface area (Å²) in [6.45, 7) is 0.645. The number of aryl methyl sites for hydroxylation is 1. The second kappa shape index (κ2) is 8.52. The van der Waals surface area contributed by atoms with Crippen molar-refractivity contribution in [2.24, 2.45) is 18.9 Å². The molecule has 2 heterocycles. The molecule has 7 nitrogen and oxygen atoms in total. The largest absolute Gasteiger partial charge is 0.481 e. The van der Waals surface area contributed by atoms with E-state index in [2.05, 4.69) is 10.3 Å². The Bertz CT molecular complexity index is 1130. The Balaban J connectivity index is 1.40. The maximum Gasteiger partial charge on any atom is 0.328 e. The Hall–Kier alpha value is -2.80. The average molecular weight is 429 g/mol. The Kier molecular flexibility index (Phi) is 5.81. The first kappa shape index (κ1) is 20.5. The molecule has 1 aliphatic rings. The number of aromatic nitrogens is 3. The Morgan fingerprint density at radius 3 is 2.70 bits per heavy atom. The minimum Gasteiger partial charge on any atom is -0.481 e. The lowest BCUT2D eigenvalue weighted by molar-refractivity contribution is -0.121. The molecule has 1 aliphatic carbocycles. The van der Waals surface area contributed by atoms with Crippen molar-refractivity contribution in [2.45, 2.75) is 32.2 Å². The van der Waals surface area contributed by atoms with Crippen molar-refractivity contribution < 1.29 is 9.53 Å². The van der Waals surface area contributed by atoms with Crippen molar-refractivity contribution in [3.63, 3.8) is 0 Å². The lowest BCUT2D eigenvalue weighted by atomic mass is 9.81. The molecule has 1 amide bonds. The van der Waals surface area contributed by atoms with E-state index in [9.17, 15) is 9.59 Å². The van der Waals surface area contributed by atoms with Gasteiger partial charge in [0.1, 0.15) is 0 Å². The van der Waals surface area contributed by atoms with Crippen LogP contribution in [0.1, 0.15) is 25.7 Å². The van der Waals surface area contributed by atoms with Crippen molar-refractivity contribution in [1.29, 1.82) is 0 Å². The molecule has 8 heteroatoms. The lowest BCUT2D eigenvalue weighted by Crippen LogP contribution is -2.30. The molecule has 0 radical (unpaired) electrons. The fourth-order valence-corrected chi connectivity index (χ4v) is 4.43. The summed E-state index contributed by atoms with van der Waals surface area (Å²) in [4.78, 5) is 29.4. The minimum atomic E-state index is -0.0289. The number of fused-ring (bicyclic) bond motifs is 1. The number of carbonyl (C=O) groups is 1. The van der Waals surface area contributed by atoms with Gasteiger partial charge in [0, 0.05) is 42.5 Å². The number of carbonyl (C=O) groups excluding carboxylic acids is 1. The van der Waals surface area contributed by atoms with Gasteiger partial charge in [-0.25, -0.2) is 9.78 Å². The molecule has 0 spiro atoms. The van der Waals surface area contributed by atoms with Gasteiger partial charge in [-0.2, -0.15) is 0 Å². The average Bonchev–Trinajstić information content (AvgIpc) is 2.98. The molecular weight excluding hydrogens is 404 g/mol. The SMILES string of the molecule is COc1cc(NC(=O)C2CCC(Cn3c(=O)n(C)c4ccc(Cl)cc43)CC2)ccn1. The van der Waals surface area contributed by atoms with Gasteiger partial charge >= 0.3 is 5.69 Å². The van der Waals surface area contributed by atoms with Crippen LogP contribution in [0.25, 0.3) is 11.0 Å². The van der Waals surface area contributed by atoms with Crippen molar-refractivity contribution in [3.8, 4) is 5.88 Å². The molecule has 1 N–H and O–H groups in total. The molecule has 0 atom stereocenters. The van der Waals surface area contributed by atoms with Crippen LogP contribution in [0.15, 0.2) is 41.3 Å². The van der Waals surface area contributed by atoms with Gasteiger partial charge in [0.05, 0.1) is 18.1 Å². The van der Waals surface area contributed by atoms with Gasteiger partial charge in [0.2, 0.25) is 11.8 Å². The highest BCUT2D eigenvalue weighted by Crippen LogP contribution is 2.31. The molecule has 0 saturated heterocycles. The third-order valence-electron chi connectivity index (χ3n) is 5.98. The molecule has 3 aromatic rings. The van der Waals surface area contributed by atoms with Gasteiger partial charge in [-0.1, -0.05) is 11.6 Å². The van der Waals surface area contributed by atoms with Crippen LogP contribution < -0.4 is 15.7 Å². The van der Waals surface area contributed by atoms with Crippen molar-refractivity contribution in [1.82, 2.24) is 14.1 Å². The van der Waals surface area contributed by atoms with Crippen molar-refractivity contribution >= 4 is 34.2 Å². The summed E-state index contributed by atoms with van der Waals surface area (Å²) in [7, 11) is 3.33. The van der Waals surface area contributed by atoms with Crippen LogP contribution in [0.2, 0.25) is 5.02 Å². The third-order valence-corrected chi connectivity index (χ3v) is 6.21. The normalized spacial score (nSPS) is 19.0. The molecule has 1 saturated carbocycles. The summed E-state index contributed by atoms with van der Waals surface area (Å²) in [6.07, 6.45) is 5.03. The number of nitrogens with zero attached hydrogens (tertiary/aromatic N) is 3. The van der Waals surface area contributed by atoms with Crippen LogP contribution in [0.3, 0.4) is 0 Å². The zero-order valence-electron chi connectivity index (χ0n) is 17.1. The number of methoxy groups -OCH3 is 1. The van der Waals surface area contributed by atoms with Crippen LogP contribution in [0, 0.1) is 11.8 Å². The Morgan fingerprint density at radius 1 is 1.20 bits per heavy atom. The van der Waals surface area contributed by atoms with Crippen LogP contribution in [-0.2, 0) is 18.4 Å². The fourth-order valence-electron chi connectivity index (χ4n) is 4.27. The quantitative estimate of drug-likeness (QED) is 0.669. The first-order chi connectivity index (χ1) is 14.5. The molecule has 4 rings (SSSR count). The van der Waals surface area contributed by atoms with E-state index in [1.807, 2.05) is 16.7 Å². The van der Waals surface area contributed by atoms with Crippen LogP contribution in [-0.4, -0.2) is 27.1 Å². The minimum absolute atomic E-state index is 0.0239. The maximum absolute atomic E-state index is 12.7. The second-order valence-electron chi connectivity index (χ2n) is 7.88. The van der Waals surface area contributed by atoms with Crippen LogP contribution >= 0.6 is 11.6 Å². The number of hydrogen-bond acceptors (Lipinski definition) is 4. The molecule has 0 unspecified atom stereocenters. The highest BCUT2D eigenvalue weighted by atomic mass is 35.5. The highest BCUT2D eigenvalue weighted by molar-refractivity contribution is 6.31. The van der Waals surface area contributed by atoms with Crippen molar-refractivity contribution in [2.75, 3.05) is 12.4 Å². The molecule has 2 aromatic heterocycles. The van der Waals surface area contributed by atoms with Gasteiger partial charge in [0.25, 0.3) is 0 Å². The number of anilines is 1. The number of amides is 1. The summed E-state index contributed by atoms with van der Waals surface area (Å²) >= 11 is 6.15. The van der Waals surface area contributed by atoms with Crippen molar-refractivity contribution in [3.05, 3.63) is 52.0 Å². The number of halogens is 1. The van der Waals surface area contributed by atoms with E-state index in [1.54, 1.807) is 43.1 Å². The summed E-state index contributed by atoms with van der Waals surface area (Å²) < 4.78 is 8.58. The maximum atomic E-state index is 12.7. The Morgan fingerprint density at radius 2 is 1.97 bits per heavy atom. The summed E-state index contributed by atoms with van der Waals surface area (Å²) in [5, 5.41) is 3.58. The van der Waals surface area contributed by atoms with Gasteiger partial charge in [0.15, 0.2) is 0 Å². The molecule has 30 heavy (non-hydrogen) atoms. The molecule has 1 aromatic carbocycles. The number of benzene rings is 1. The van der Waals surface area contributed by atoms with Gasteiger partial charge in [-0.15, -0.1) is 0 Å². The smallest absolute Gasteiger partial charge is 0.328 e. The van der Waals surface area contributed by atoms with E-state index >= 15 is 0 Å². The van der Waals surface area contributed by atoms with E-state index in [-0.39, 0.29) is 17.5 Å². The predicted octanol–water partition coefficient (Wildman–Crippen LogP) is 3.84. The first-order valence-electron chi connectivity index (χ1n) is 10.1. The number of imidazole rings is 1. The van der Waals surface area contributed by atoms with E-state index in [4.69, 9.17) is 16.3 Å². The summed E-state index contributed by atoms with van der Waals surface area (Å²) in [5.74, 6) is 0.824. The van der Waals surface area contributed by atoms with Crippen LogP contribution in [0.5, 0.6) is 5.88 Å². The highest BCUT2D eigenvalue weighted by Gasteiger charge is 2.27. The standard InChI is InChI=1S/C22H25ClN4O3/c1-26-18-8-7-16(23)11-19(18)27(22(26)29)13-14-3-5-15(6-4-14)21(28)25-17-9-10-24-20(12-17)30-2/h7-12,14-15H,3-6,13H2,1-2H3,(H,24,25,28). The summed E-state index contributed by atoms with van der Waals surface area (Å²) in [6, 6.07) is 8.99. The van der Waals surface area contributed by atoms with Gasteiger partial charge < -0.3 is 10.1 Å². The predicted molar refractivity (Wildman–Crippen MR) is 117 cm³/mol. The van der Waals surface area contributed by atoms with Gasteiger partial charge in [-0.3, -0.25) is 13.9 Å². The lowest BCUT2D eigenvalue weighted by Gasteiger charge is -2.28. The molecule has 1 fully saturated rings. The number of rotatable bonds is 5. The Labute approximate surface area is 179 Å². The van der Waals surface area contributed by atoms with E-state index < -0.39 is 0 Å². The number of hydrogen-bond donors (Lipinski definition) is 1. The molecule has 0 bridgehead atoms. The second-order valence-corrected chi connectivity index (χ2v) is 8.32. The topological polar surface area (TPSA) is 78.1 Å². The monoisotopic (exact) mass is 428 g/mol. The van der Waals surface area contributed by atoms with E-state index in [1.165, 1.54) is 0 Å². The first-order valence-corrected chi connectivity index (χ1v) is 10.5. The zero-order valence-corrected chi connectivity index (χ0v) is 17.9. The van der Waals surface area contributed by atoms with E-state index in [0.717, 1.165) is 36.7 Å². The molecular formula is C22H25ClN4O3. The van der Waals surface area contributed by atoms with Crippen LogP contribution in [0.4, 0.5) is 5.69 Å². The third kappa shape index (κ3) is 4.07. The number of nitrogens with one attached hydrogen (secondary N) is 1. The number of ether oxygens (including phenoxy) is 1. The summed E-state index contributed by atoms with van der Waals surface area (Å²) in [5.41, 5.74) is 2.40. The number of pyridine rings is 1. The van der Waals surface area contributed by atoms with E-state index in [0.29, 0.717) is 29.1 Å². The fraction of sp³-hybridized carbons (Fsp3) is 0.409. The molecule has 0 aliphatic heterocycles.